The number of ether oxygens (including phenoxy) is 1. The van der Waals surface area contributed by atoms with Gasteiger partial charge < -0.3 is 24.7 Å². The normalized spacial score (nSPS) is 21.6. The Morgan fingerprint density at radius 3 is 2.39 bits per heavy atom. The van der Waals surface area contributed by atoms with Crippen LogP contribution in [-0.4, -0.2) is 61.1 Å². The van der Waals surface area contributed by atoms with Gasteiger partial charge in [0, 0.05) is 5.56 Å². The molecule has 2 aromatic carbocycles. The molecule has 162 valence electrons. The fourth-order valence-electron chi connectivity index (χ4n) is 4.16. The first-order valence-electron chi connectivity index (χ1n) is 10.5. The van der Waals surface area contributed by atoms with Crippen LogP contribution in [0.4, 0.5) is 0 Å². The second-order valence-electron chi connectivity index (χ2n) is 8.04. The quantitative estimate of drug-likeness (QED) is 0.413. The van der Waals surface area contributed by atoms with E-state index < -0.39 is 17.7 Å². The zero-order valence-electron chi connectivity index (χ0n) is 17.5. The molecule has 0 radical (unpaired) electrons. The molecule has 0 aliphatic carbocycles. The number of hydrogen-bond donors (Lipinski definition) is 2. The molecule has 2 aliphatic rings. The molecule has 2 fully saturated rings. The Morgan fingerprint density at radius 2 is 1.74 bits per heavy atom. The molecule has 2 N–H and O–H groups in total. The number of likely N-dealkylation sites (tertiary alicyclic amines) is 1. The highest BCUT2D eigenvalue weighted by molar-refractivity contribution is 6.46. The molecule has 1 unspecified atom stereocenters. The number of quaternary nitrogens is 1. The van der Waals surface area contributed by atoms with Crippen molar-refractivity contribution in [1.29, 1.82) is 0 Å². The molecule has 7 nitrogen and oxygen atoms in total. The molecule has 0 bridgehead atoms. The highest BCUT2D eigenvalue weighted by Crippen LogP contribution is 2.39. The minimum Gasteiger partial charge on any atom is -0.872 e. The van der Waals surface area contributed by atoms with Crippen LogP contribution in [-0.2, 0) is 14.3 Å². The summed E-state index contributed by atoms with van der Waals surface area (Å²) in [4.78, 5) is 28.8. The van der Waals surface area contributed by atoms with Gasteiger partial charge in [-0.15, -0.1) is 5.75 Å². The molecular formula is C24H26N2O5. The van der Waals surface area contributed by atoms with E-state index in [-0.39, 0.29) is 17.1 Å². The van der Waals surface area contributed by atoms with Gasteiger partial charge in [0.2, 0.25) is 0 Å². The Balaban J connectivity index is 1.72. The molecule has 2 heterocycles. The number of benzene rings is 2. The number of aliphatic hydroxyl groups excluding tert-OH is 1. The van der Waals surface area contributed by atoms with Crippen LogP contribution in [0, 0.1) is 6.92 Å². The maximum atomic E-state index is 13.0. The van der Waals surface area contributed by atoms with Crippen molar-refractivity contribution in [3.8, 4) is 5.75 Å². The van der Waals surface area contributed by atoms with Crippen LogP contribution >= 0.6 is 0 Å². The number of amides is 1. The highest BCUT2D eigenvalue weighted by Gasteiger charge is 2.46. The van der Waals surface area contributed by atoms with Crippen molar-refractivity contribution >= 4 is 17.4 Å². The maximum Gasteiger partial charge on any atom is 0.295 e. The van der Waals surface area contributed by atoms with Crippen molar-refractivity contribution < 1.29 is 29.4 Å². The van der Waals surface area contributed by atoms with Crippen LogP contribution in [0.15, 0.2) is 54.1 Å². The Labute approximate surface area is 181 Å². The maximum absolute atomic E-state index is 13.0. The third kappa shape index (κ3) is 4.33. The van der Waals surface area contributed by atoms with Gasteiger partial charge in [-0.3, -0.25) is 9.59 Å². The number of aryl methyl sites for hydroxylation is 1. The van der Waals surface area contributed by atoms with Crippen LogP contribution in [0.2, 0.25) is 0 Å². The standard InChI is InChI=1S/C24H26N2O5/c1-16-2-4-18(5-3-16)22(28)20-21(17-6-8-19(27)9-7-17)26(24(30)23(20)29)11-10-25-12-14-31-15-13-25/h2-9,21,27-28H,10-15H2,1H3. The highest BCUT2D eigenvalue weighted by atomic mass is 16.5. The van der Waals surface area contributed by atoms with Crippen molar-refractivity contribution in [3.63, 3.8) is 0 Å². The molecule has 2 saturated heterocycles. The van der Waals surface area contributed by atoms with Crippen LogP contribution in [0.25, 0.3) is 5.76 Å². The number of carbonyl (C=O) groups excluding carboxylic acids is 2. The number of aliphatic hydroxyl groups is 1. The van der Waals surface area contributed by atoms with Crippen molar-refractivity contribution in [2.75, 3.05) is 39.4 Å². The molecule has 2 aromatic rings. The van der Waals surface area contributed by atoms with E-state index >= 15 is 0 Å². The number of ketones is 1. The number of Topliss-reactive ketones (excluding diaryl/α,β-unsaturated/α-hetero) is 1. The first-order valence-corrected chi connectivity index (χ1v) is 10.5. The molecule has 0 spiro atoms. The van der Waals surface area contributed by atoms with Gasteiger partial charge in [-0.05, 0) is 12.5 Å². The van der Waals surface area contributed by atoms with Crippen molar-refractivity contribution in [1.82, 2.24) is 4.90 Å². The zero-order valence-corrected chi connectivity index (χ0v) is 17.5. The minimum atomic E-state index is -0.734. The van der Waals surface area contributed by atoms with E-state index in [1.807, 2.05) is 19.1 Å². The number of nitrogens with one attached hydrogen (secondary N) is 1. The minimum absolute atomic E-state index is 0.0597. The molecule has 1 atom stereocenters. The van der Waals surface area contributed by atoms with Gasteiger partial charge in [0.25, 0.3) is 11.7 Å². The summed E-state index contributed by atoms with van der Waals surface area (Å²) in [5.41, 5.74) is 2.19. The fourth-order valence-corrected chi connectivity index (χ4v) is 4.16. The second kappa shape index (κ2) is 8.91. The van der Waals surface area contributed by atoms with Crippen LogP contribution < -0.4 is 10.0 Å². The molecule has 1 amide bonds. The number of carbonyl (C=O) groups is 2. The van der Waals surface area contributed by atoms with E-state index in [0.717, 1.165) is 18.7 Å². The van der Waals surface area contributed by atoms with Gasteiger partial charge in [0.1, 0.15) is 18.8 Å². The third-order valence-electron chi connectivity index (χ3n) is 5.97. The molecule has 0 aromatic heterocycles. The lowest BCUT2D eigenvalue weighted by atomic mass is 9.95. The average Bonchev–Trinajstić information content (AvgIpc) is 3.04. The Morgan fingerprint density at radius 1 is 1.10 bits per heavy atom. The lowest BCUT2D eigenvalue weighted by Gasteiger charge is -2.29. The molecule has 7 heteroatoms. The predicted molar refractivity (Wildman–Crippen MR) is 112 cm³/mol. The van der Waals surface area contributed by atoms with Crippen molar-refractivity contribution in [3.05, 3.63) is 70.8 Å². The summed E-state index contributed by atoms with van der Waals surface area (Å²) in [6.07, 6.45) is 0. The summed E-state index contributed by atoms with van der Waals surface area (Å²) in [7, 11) is 0. The summed E-state index contributed by atoms with van der Waals surface area (Å²) < 4.78 is 5.39. The number of hydrogen-bond acceptors (Lipinski definition) is 5. The SMILES string of the molecule is Cc1ccc(C(O)=C2C(=O)C(=O)N(CC[NH+]3CCOCC3)C2c2ccc([O-])cc2)cc1. The topological polar surface area (TPSA) is 94.3 Å². The molecule has 0 saturated carbocycles. The van der Waals surface area contributed by atoms with E-state index in [2.05, 4.69) is 0 Å². The summed E-state index contributed by atoms with van der Waals surface area (Å²) in [6, 6.07) is 12.5. The van der Waals surface area contributed by atoms with E-state index in [4.69, 9.17) is 4.74 Å². The van der Waals surface area contributed by atoms with Gasteiger partial charge in [0.15, 0.2) is 0 Å². The monoisotopic (exact) mass is 422 g/mol. The third-order valence-corrected chi connectivity index (χ3v) is 5.97. The molecular weight excluding hydrogens is 396 g/mol. The van der Waals surface area contributed by atoms with Gasteiger partial charge in [0.05, 0.1) is 37.9 Å². The summed E-state index contributed by atoms with van der Waals surface area (Å²) >= 11 is 0. The van der Waals surface area contributed by atoms with E-state index in [9.17, 15) is 19.8 Å². The van der Waals surface area contributed by atoms with Crippen LogP contribution in [0.5, 0.6) is 5.75 Å². The summed E-state index contributed by atoms with van der Waals surface area (Å²) in [5.74, 6) is -1.68. The predicted octanol–water partition coefficient (Wildman–Crippen LogP) is 0.405. The molecule has 2 aliphatic heterocycles. The lowest BCUT2D eigenvalue weighted by molar-refractivity contribution is -0.907. The van der Waals surface area contributed by atoms with E-state index in [1.165, 1.54) is 21.9 Å². The van der Waals surface area contributed by atoms with Gasteiger partial charge >= 0.3 is 0 Å². The first kappa shape index (κ1) is 21.1. The smallest absolute Gasteiger partial charge is 0.295 e. The largest absolute Gasteiger partial charge is 0.872 e. The number of nitrogens with zero attached hydrogens (tertiary/aromatic N) is 1. The van der Waals surface area contributed by atoms with Crippen LogP contribution in [0.3, 0.4) is 0 Å². The van der Waals surface area contributed by atoms with Gasteiger partial charge in [-0.25, -0.2) is 0 Å². The van der Waals surface area contributed by atoms with Gasteiger partial charge in [-0.1, -0.05) is 54.1 Å². The van der Waals surface area contributed by atoms with Crippen molar-refractivity contribution in [2.45, 2.75) is 13.0 Å². The average molecular weight is 422 g/mol. The Bertz CT molecular complexity index is 992. The number of morpholine rings is 1. The van der Waals surface area contributed by atoms with E-state index in [0.29, 0.717) is 37.4 Å². The Kier molecular flexibility index (Phi) is 6.06. The van der Waals surface area contributed by atoms with Gasteiger partial charge in [-0.2, -0.15) is 0 Å². The summed E-state index contributed by atoms with van der Waals surface area (Å²) in [5, 5.41) is 22.6. The molecule has 31 heavy (non-hydrogen) atoms. The second-order valence-corrected chi connectivity index (χ2v) is 8.04. The number of rotatable bonds is 5. The summed E-state index contributed by atoms with van der Waals surface area (Å²) in [6.45, 7) is 6.03. The Hall–Kier alpha value is -3.16. The zero-order chi connectivity index (χ0) is 22.0. The fraction of sp³-hybridized carbons (Fsp3) is 0.333. The van der Waals surface area contributed by atoms with Crippen LogP contribution in [0.1, 0.15) is 22.7 Å². The first-order chi connectivity index (χ1) is 15.0. The van der Waals surface area contributed by atoms with Crippen molar-refractivity contribution in [2.24, 2.45) is 0 Å². The molecule has 4 rings (SSSR count). The lowest BCUT2D eigenvalue weighted by Crippen LogP contribution is -3.14. The van der Waals surface area contributed by atoms with E-state index in [1.54, 1.807) is 24.3 Å².